The quantitative estimate of drug-likeness (QED) is 0.877. The maximum absolute atomic E-state index is 11.8. The fourth-order valence-corrected chi connectivity index (χ4v) is 1.82. The van der Waals surface area contributed by atoms with Crippen molar-refractivity contribution in [3.63, 3.8) is 0 Å². The van der Waals surface area contributed by atoms with Crippen LogP contribution in [0.2, 0.25) is 0 Å². The van der Waals surface area contributed by atoms with Gasteiger partial charge in [-0.1, -0.05) is 0 Å². The van der Waals surface area contributed by atoms with Crippen LogP contribution in [0.1, 0.15) is 53.3 Å². The summed E-state index contributed by atoms with van der Waals surface area (Å²) in [5.41, 5.74) is 0.419. The van der Waals surface area contributed by atoms with E-state index in [0.29, 0.717) is 13.2 Å². The van der Waals surface area contributed by atoms with Crippen molar-refractivity contribution in [1.82, 2.24) is 14.9 Å². The van der Waals surface area contributed by atoms with Crippen LogP contribution in [0.5, 0.6) is 0 Å². The standard InChI is InChI=1S/C15H27N3O3/c1-11(2)20-8-7-18-10-16-9-13(18)12(3)17-14(19)21-15(4,5)6/h9-12H,7-8H2,1-6H3,(H,17,19)/t12-/m0/s1. The number of nitrogens with zero attached hydrogens (tertiary/aromatic N) is 2. The van der Waals surface area contributed by atoms with E-state index in [1.165, 1.54) is 0 Å². The molecule has 1 atom stereocenters. The largest absolute Gasteiger partial charge is 0.444 e. The molecule has 0 aliphatic carbocycles. The minimum atomic E-state index is -0.505. The Kier molecular flexibility index (Phi) is 6.20. The third-order valence-corrected chi connectivity index (χ3v) is 2.70. The van der Waals surface area contributed by atoms with E-state index in [-0.39, 0.29) is 12.1 Å². The van der Waals surface area contributed by atoms with Gasteiger partial charge < -0.3 is 19.4 Å². The molecule has 21 heavy (non-hydrogen) atoms. The molecule has 1 heterocycles. The molecule has 0 fully saturated rings. The summed E-state index contributed by atoms with van der Waals surface area (Å²) < 4.78 is 12.8. The SMILES string of the molecule is CC(C)OCCn1cncc1[C@H](C)NC(=O)OC(C)(C)C. The summed E-state index contributed by atoms with van der Waals surface area (Å²) in [7, 11) is 0. The van der Waals surface area contributed by atoms with Gasteiger partial charge in [0.2, 0.25) is 0 Å². The first-order valence-corrected chi connectivity index (χ1v) is 7.30. The lowest BCUT2D eigenvalue weighted by Crippen LogP contribution is -2.34. The predicted octanol–water partition coefficient (Wildman–Crippen LogP) is 2.89. The monoisotopic (exact) mass is 297 g/mol. The highest BCUT2D eigenvalue weighted by Gasteiger charge is 2.19. The highest BCUT2D eigenvalue weighted by Crippen LogP contribution is 2.14. The number of rotatable bonds is 6. The normalized spacial score (nSPS) is 13.3. The fourth-order valence-electron chi connectivity index (χ4n) is 1.82. The van der Waals surface area contributed by atoms with Gasteiger partial charge >= 0.3 is 6.09 Å². The second kappa shape index (κ2) is 7.45. The Balaban J connectivity index is 2.56. The maximum atomic E-state index is 11.8. The molecular weight excluding hydrogens is 270 g/mol. The number of carbonyl (C=O) groups is 1. The Labute approximate surface area is 126 Å². The van der Waals surface area contributed by atoms with Crippen molar-refractivity contribution < 1.29 is 14.3 Å². The lowest BCUT2D eigenvalue weighted by molar-refractivity contribution is 0.0505. The summed E-state index contributed by atoms with van der Waals surface area (Å²) in [5, 5.41) is 2.82. The van der Waals surface area contributed by atoms with E-state index < -0.39 is 11.7 Å². The molecule has 0 saturated carbocycles. The molecule has 0 unspecified atom stereocenters. The zero-order valence-electron chi connectivity index (χ0n) is 13.8. The van der Waals surface area contributed by atoms with E-state index in [4.69, 9.17) is 9.47 Å². The third kappa shape index (κ3) is 6.62. The minimum Gasteiger partial charge on any atom is -0.444 e. The van der Waals surface area contributed by atoms with E-state index in [1.807, 2.05) is 46.1 Å². The van der Waals surface area contributed by atoms with Gasteiger partial charge in [0.05, 0.1) is 37.0 Å². The van der Waals surface area contributed by atoms with Gasteiger partial charge in [-0.05, 0) is 41.5 Å². The smallest absolute Gasteiger partial charge is 0.408 e. The van der Waals surface area contributed by atoms with Crippen LogP contribution in [0, 0.1) is 0 Å². The van der Waals surface area contributed by atoms with Crippen LogP contribution in [0.25, 0.3) is 0 Å². The molecule has 1 amide bonds. The summed E-state index contributed by atoms with van der Waals surface area (Å²) >= 11 is 0. The molecule has 0 aromatic carbocycles. The highest BCUT2D eigenvalue weighted by atomic mass is 16.6. The number of hydrogen-bond donors (Lipinski definition) is 1. The Hall–Kier alpha value is -1.56. The molecule has 0 spiro atoms. The van der Waals surface area contributed by atoms with Gasteiger partial charge in [0.15, 0.2) is 0 Å². The fraction of sp³-hybridized carbons (Fsp3) is 0.733. The lowest BCUT2D eigenvalue weighted by atomic mass is 10.2. The van der Waals surface area contributed by atoms with Gasteiger partial charge in [-0.2, -0.15) is 0 Å². The molecule has 0 aliphatic rings. The van der Waals surface area contributed by atoms with Gasteiger partial charge in [-0.3, -0.25) is 0 Å². The molecule has 120 valence electrons. The molecule has 0 aliphatic heterocycles. The van der Waals surface area contributed by atoms with E-state index in [1.54, 1.807) is 12.5 Å². The zero-order chi connectivity index (χ0) is 16.0. The number of imidazole rings is 1. The molecule has 1 aromatic heterocycles. The van der Waals surface area contributed by atoms with Crippen LogP contribution < -0.4 is 5.32 Å². The van der Waals surface area contributed by atoms with E-state index in [9.17, 15) is 4.79 Å². The predicted molar refractivity (Wildman–Crippen MR) is 81.1 cm³/mol. The van der Waals surface area contributed by atoms with Gasteiger partial charge in [-0.25, -0.2) is 9.78 Å². The van der Waals surface area contributed by atoms with Gasteiger partial charge in [-0.15, -0.1) is 0 Å². The first-order chi connectivity index (χ1) is 9.69. The number of nitrogens with one attached hydrogen (secondary N) is 1. The van der Waals surface area contributed by atoms with Crippen LogP contribution in [-0.2, 0) is 16.0 Å². The lowest BCUT2D eigenvalue weighted by Gasteiger charge is -2.22. The second-order valence-electron chi connectivity index (χ2n) is 6.30. The molecule has 0 saturated heterocycles. The van der Waals surface area contributed by atoms with Gasteiger partial charge in [0.1, 0.15) is 5.60 Å². The Morgan fingerprint density at radius 1 is 1.38 bits per heavy atom. The third-order valence-electron chi connectivity index (χ3n) is 2.70. The molecule has 0 bridgehead atoms. The van der Waals surface area contributed by atoms with Crippen molar-refractivity contribution in [1.29, 1.82) is 0 Å². The number of amides is 1. The molecule has 1 N–H and O–H groups in total. The Morgan fingerprint density at radius 2 is 2.05 bits per heavy atom. The zero-order valence-corrected chi connectivity index (χ0v) is 13.8. The average molecular weight is 297 g/mol. The van der Waals surface area contributed by atoms with E-state index in [2.05, 4.69) is 10.3 Å². The minimum absolute atomic E-state index is 0.179. The molecular formula is C15H27N3O3. The van der Waals surface area contributed by atoms with Crippen molar-refractivity contribution in [2.75, 3.05) is 6.61 Å². The number of aromatic nitrogens is 2. The number of alkyl carbamates (subject to hydrolysis) is 1. The van der Waals surface area contributed by atoms with E-state index in [0.717, 1.165) is 5.69 Å². The van der Waals surface area contributed by atoms with Gasteiger partial charge in [0, 0.05) is 6.54 Å². The van der Waals surface area contributed by atoms with Gasteiger partial charge in [0.25, 0.3) is 0 Å². The maximum Gasteiger partial charge on any atom is 0.408 e. The van der Waals surface area contributed by atoms with Crippen molar-refractivity contribution in [3.8, 4) is 0 Å². The van der Waals surface area contributed by atoms with Crippen molar-refractivity contribution in [3.05, 3.63) is 18.2 Å². The summed E-state index contributed by atoms with van der Waals surface area (Å²) in [6, 6.07) is -0.179. The molecule has 1 rings (SSSR count). The highest BCUT2D eigenvalue weighted by molar-refractivity contribution is 5.68. The summed E-state index contributed by atoms with van der Waals surface area (Å²) in [6.45, 7) is 12.7. The molecule has 6 heteroatoms. The Morgan fingerprint density at radius 3 is 2.62 bits per heavy atom. The van der Waals surface area contributed by atoms with Crippen LogP contribution in [0.4, 0.5) is 4.79 Å². The van der Waals surface area contributed by atoms with Crippen molar-refractivity contribution in [2.24, 2.45) is 0 Å². The Bertz CT molecular complexity index is 449. The first-order valence-electron chi connectivity index (χ1n) is 7.30. The average Bonchev–Trinajstić information content (AvgIpc) is 2.73. The van der Waals surface area contributed by atoms with Crippen LogP contribution >= 0.6 is 0 Å². The number of carbonyl (C=O) groups excluding carboxylic acids is 1. The summed E-state index contributed by atoms with van der Waals surface area (Å²) in [4.78, 5) is 15.9. The molecule has 0 radical (unpaired) electrons. The van der Waals surface area contributed by atoms with Crippen LogP contribution in [0.15, 0.2) is 12.5 Å². The van der Waals surface area contributed by atoms with E-state index >= 15 is 0 Å². The van der Waals surface area contributed by atoms with Crippen molar-refractivity contribution in [2.45, 2.75) is 65.8 Å². The topological polar surface area (TPSA) is 65.4 Å². The van der Waals surface area contributed by atoms with Crippen LogP contribution in [-0.4, -0.2) is 34.0 Å². The second-order valence-corrected chi connectivity index (χ2v) is 6.30. The number of hydrogen-bond acceptors (Lipinski definition) is 4. The summed E-state index contributed by atoms with van der Waals surface area (Å²) in [5.74, 6) is 0. The van der Waals surface area contributed by atoms with Crippen LogP contribution in [0.3, 0.4) is 0 Å². The summed E-state index contributed by atoms with van der Waals surface area (Å²) in [6.07, 6.45) is 3.26. The first kappa shape index (κ1) is 17.5. The number of ether oxygens (including phenoxy) is 2. The van der Waals surface area contributed by atoms with Crippen molar-refractivity contribution >= 4 is 6.09 Å². The molecule has 6 nitrogen and oxygen atoms in total. The molecule has 1 aromatic rings.